The molecule has 1 heterocycles. The van der Waals surface area contributed by atoms with Crippen molar-refractivity contribution < 1.29 is 32.7 Å². The number of rotatable bonds is 1. The molecule has 0 aromatic heterocycles. The van der Waals surface area contributed by atoms with Gasteiger partial charge < -0.3 is 5.92 Å². The maximum Gasteiger partial charge on any atom is 3.00 e. The molecule has 0 N–H and O–H groups in total. The van der Waals surface area contributed by atoms with Gasteiger partial charge in [0.1, 0.15) is 0 Å². The molecule has 0 radical (unpaired) electrons. The Morgan fingerprint density at radius 3 is 2.33 bits per heavy atom. The maximum atomic E-state index is 2.24. The third kappa shape index (κ3) is 3.39. The van der Waals surface area contributed by atoms with Crippen LogP contribution >= 0.6 is 11.8 Å². The van der Waals surface area contributed by atoms with Crippen LogP contribution in [0.1, 0.15) is 26.7 Å². The molecule has 0 bridgehead atoms. The van der Waals surface area contributed by atoms with Gasteiger partial charge in [-0.15, -0.1) is 5.25 Å². The van der Waals surface area contributed by atoms with Gasteiger partial charge in [-0.2, -0.15) is 25.6 Å². The van der Waals surface area contributed by atoms with Crippen LogP contribution in [0.2, 0.25) is 0 Å². The number of thioether (sulfide) groups is 1. The molecule has 0 spiro atoms. The summed E-state index contributed by atoms with van der Waals surface area (Å²) in [5.74, 6) is 2.99. The van der Waals surface area contributed by atoms with Gasteiger partial charge in [-0.3, -0.25) is 0 Å². The molecule has 0 saturated carbocycles. The molecule has 1 aliphatic rings. The smallest absolute Gasteiger partial charge is 0.307 e. The summed E-state index contributed by atoms with van der Waals surface area (Å²) in [6.45, 7) is 4.48. The minimum absolute atomic E-state index is 0. The first-order valence-corrected chi connectivity index (χ1v) is 4.27. The average molecular weight is 218 g/mol. The molecular formula is C7H13SY+2. The molecule has 1 atom stereocenters. The van der Waals surface area contributed by atoms with Crippen LogP contribution in [0, 0.1) is 5.92 Å². The summed E-state index contributed by atoms with van der Waals surface area (Å²) in [7, 11) is 0. The summed E-state index contributed by atoms with van der Waals surface area (Å²) < 4.78 is 0. The first kappa shape index (κ1) is 10.5. The zero-order chi connectivity index (χ0) is 5.98. The van der Waals surface area contributed by atoms with Crippen LogP contribution in [0.4, 0.5) is 0 Å². The summed E-state index contributed by atoms with van der Waals surface area (Å²) >= 11 is 2.11. The molecule has 0 nitrogen and oxygen atoms in total. The van der Waals surface area contributed by atoms with E-state index in [0.29, 0.717) is 0 Å². The largest absolute Gasteiger partial charge is 3.00 e. The fourth-order valence-electron chi connectivity index (χ4n) is 1.03. The number of hydrogen-bond donors (Lipinski definition) is 0. The maximum absolute atomic E-state index is 2.24. The van der Waals surface area contributed by atoms with Crippen LogP contribution in [-0.4, -0.2) is 11.0 Å². The second-order valence-electron chi connectivity index (χ2n) is 2.58. The Morgan fingerprint density at radius 2 is 2.11 bits per heavy atom. The van der Waals surface area contributed by atoms with Crippen molar-refractivity contribution in [3.8, 4) is 0 Å². The van der Waals surface area contributed by atoms with Gasteiger partial charge in [0.2, 0.25) is 0 Å². The van der Waals surface area contributed by atoms with Gasteiger partial charge in [0.05, 0.1) is 0 Å². The second kappa shape index (κ2) is 5.15. The van der Waals surface area contributed by atoms with Crippen molar-refractivity contribution in [3.05, 3.63) is 5.92 Å². The topological polar surface area (TPSA) is 0 Å². The standard InChI is InChI=1S/C7H13S.Y/c1-6(2)7-4-3-5-8-7;/h7H,3-5H2,1-2H3;/q-1;+3. The van der Waals surface area contributed by atoms with E-state index in [9.17, 15) is 0 Å². The molecule has 0 amide bonds. The third-order valence-electron chi connectivity index (χ3n) is 1.57. The minimum Gasteiger partial charge on any atom is -0.307 e. The van der Waals surface area contributed by atoms with Crippen molar-refractivity contribution in [1.29, 1.82) is 0 Å². The summed E-state index contributed by atoms with van der Waals surface area (Å²) in [5, 5.41) is 0.898. The van der Waals surface area contributed by atoms with E-state index in [-0.39, 0.29) is 32.7 Å². The van der Waals surface area contributed by atoms with E-state index >= 15 is 0 Å². The Kier molecular flexibility index (Phi) is 5.98. The molecule has 2 heteroatoms. The van der Waals surface area contributed by atoms with E-state index in [1.54, 1.807) is 5.92 Å². The fourth-order valence-corrected chi connectivity index (χ4v) is 2.32. The molecule has 0 aromatic rings. The average Bonchev–Trinajstić information content (AvgIpc) is 2.12. The Labute approximate surface area is 87.4 Å². The van der Waals surface area contributed by atoms with Gasteiger partial charge in [-0.1, -0.05) is 6.42 Å². The van der Waals surface area contributed by atoms with Gasteiger partial charge in [-0.05, 0) is 12.2 Å². The van der Waals surface area contributed by atoms with E-state index in [0.717, 1.165) is 5.25 Å². The SMILES string of the molecule is C[C-](C)C1CCCS1.[Y+3]. The quantitative estimate of drug-likeness (QED) is 0.609. The molecule has 1 saturated heterocycles. The molecule has 1 aliphatic heterocycles. The fraction of sp³-hybridized carbons (Fsp3) is 0.857. The van der Waals surface area contributed by atoms with E-state index in [1.165, 1.54) is 18.6 Å². The van der Waals surface area contributed by atoms with Crippen LogP contribution in [0.25, 0.3) is 0 Å². The van der Waals surface area contributed by atoms with Crippen LogP contribution in [0.5, 0.6) is 0 Å². The molecule has 9 heavy (non-hydrogen) atoms. The normalized spacial score (nSPS) is 26.3. The van der Waals surface area contributed by atoms with Gasteiger partial charge in [0.15, 0.2) is 0 Å². The van der Waals surface area contributed by atoms with Crippen LogP contribution in [0.15, 0.2) is 0 Å². The third-order valence-corrected chi connectivity index (χ3v) is 3.21. The van der Waals surface area contributed by atoms with Crippen molar-refractivity contribution in [1.82, 2.24) is 0 Å². The van der Waals surface area contributed by atoms with Crippen molar-refractivity contribution >= 4 is 11.8 Å². The van der Waals surface area contributed by atoms with Gasteiger partial charge in [0, 0.05) is 0 Å². The van der Waals surface area contributed by atoms with Gasteiger partial charge in [0.25, 0.3) is 0 Å². The van der Waals surface area contributed by atoms with Gasteiger partial charge >= 0.3 is 32.7 Å². The number of hydrogen-bond acceptors (Lipinski definition) is 1. The van der Waals surface area contributed by atoms with Gasteiger partial charge in [-0.25, -0.2) is 0 Å². The van der Waals surface area contributed by atoms with Crippen molar-refractivity contribution in [2.24, 2.45) is 0 Å². The van der Waals surface area contributed by atoms with Crippen LogP contribution < -0.4 is 0 Å². The molecule has 1 fully saturated rings. The minimum atomic E-state index is 0. The second-order valence-corrected chi connectivity index (χ2v) is 3.89. The Balaban J connectivity index is 0.000000640. The molecule has 1 unspecified atom stereocenters. The van der Waals surface area contributed by atoms with Crippen LogP contribution in [0.3, 0.4) is 0 Å². The summed E-state index contributed by atoms with van der Waals surface area (Å²) in [6.07, 6.45) is 2.85. The Bertz CT molecular complexity index is 67.3. The monoisotopic (exact) mass is 218 g/mol. The van der Waals surface area contributed by atoms with Crippen molar-refractivity contribution in [2.45, 2.75) is 31.9 Å². The molecule has 1 rings (SSSR count). The molecule has 0 aromatic carbocycles. The predicted octanol–water partition coefficient (Wildman–Crippen LogP) is 2.49. The van der Waals surface area contributed by atoms with Crippen molar-refractivity contribution in [3.63, 3.8) is 0 Å². The van der Waals surface area contributed by atoms with E-state index < -0.39 is 0 Å². The first-order chi connectivity index (χ1) is 3.80. The van der Waals surface area contributed by atoms with E-state index in [4.69, 9.17) is 0 Å². The Hall–Kier alpha value is 1.45. The molecular weight excluding hydrogens is 205 g/mol. The van der Waals surface area contributed by atoms with E-state index in [2.05, 4.69) is 25.6 Å². The summed E-state index contributed by atoms with van der Waals surface area (Å²) in [4.78, 5) is 0. The Morgan fingerprint density at radius 1 is 1.44 bits per heavy atom. The van der Waals surface area contributed by atoms with Crippen LogP contribution in [-0.2, 0) is 32.7 Å². The summed E-state index contributed by atoms with van der Waals surface area (Å²) in [6, 6.07) is 0. The zero-order valence-electron chi connectivity index (χ0n) is 6.18. The first-order valence-electron chi connectivity index (χ1n) is 3.22. The molecule has 0 aliphatic carbocycles. The van der Waals surface area contributed by atoms with E-state index in [1.807, 2.05) is 0 Å². The molecule has 48 valence electrons. The predicted molar refractivity (Wildman–Crippen MR) is 40.1 cm³/mol. The van der Waals surface area contributed by atoms with Crippen molar-refractivity contribution in [2.75, 3.05) is 5.75 Å². The zero-order valence-corrected chi connectivity index (χ0v) is 9.84. The summed E-state index contributed by atoms with van der Waals surface area (Å²) in [5.41, 5.74) is 0.